The van der Waals surface area contributed by atoms with Crippen LogP contribution >= 0.6 is 0 Å². The molecule has 2 nitrogen and oxygen atoms in total. The van der Waals surface area contributed by atoms with Crippen LogP contribution in [0.1, 0.15) is 41.5 Å². The number of hydrogen-bond acceptors (Lipinski definition) is 2. The zero-order valence-electron chi connectivity index (χ0n) is 8.20. The van der Waals surface area contributed by atoms with Crippen molar-refractivity contribution in [3.8, 4) is 0 Å². The molecule has 1 rings (SSSR count). The van der Waals surface area contributed by atoms with Crippen molar-refractivity contribution in [2.24, 2.45) is 0 Å². The third-order valence-electron chi connectivity index (χ3n) is 1.47. The summed E-state index contributed by atoms with van der Waals surface area (Å²) in [5.74, 6) is -0.0762. The third kappa shape index (κ3) is 3.20. The van der Waals surface area contributed by atoms with Gasteiger partial charge in [0.2, 0.25) is 0 Å². The highest BCUT2D eigenvalue weighted by atomic mass is 16.1. The van der Waals surface area contributed by atoms with Crippen molar-refractivity contribution in [2.45, 2.75) is 20.8 Å². The maximum atomic E-state index is 10.9. The van der Waals surface area contributed by atoms with Crippen LogP contribution in [0.4, 0.5) is 0 Å². The van der Waals surface area contributed by atoms with Crippen LogP contribution < -0.4 is 0 Å². The number of rotatable bonds is 2. The van der Waals surface area contributed by atoms with Gasteiger partial charge in [-0.3, -0.25) is 9.59 Å². The van der Waals surface area contributed by atoms with E-state index in [1.54, 1.807) is 24.3 Å². The second-order valence-electron chi connectivity index (χ2n) is 2.26. The Hall–Kier alpha value is -1.44. The number of ketones is 1. The van der Waals surface area contributed by atoms with Crippen LogP contribution in [0.25, 0.3) is 0 Å². The van der Waals surface area contributed by atoms with Crippen LogP contribution in [0.5, 0.6) is 0 Å². The summed E-state index contributed by atoms with van der Waals surface area (Å²) in [4.78, 5) is 21.2. The Balaban J connectivity index is 0.000000671. The van der Waals surface area contributed by atoms with E-state index in [0.717, 1.165) is 0 Å². The third-order valence-corrected chi connectivity index (χ3v) is 1.47. The lowest BCUT2D eigenvalue weighted by atomic mass is 10.1. The molecule has 0 N–H and O–H groups in total. The molecule has 2 heteroatoms. The molecule has 0 saturated heterocycles. The molecule has 0 atom stereocenters. The van der Waals surface area contributed by atoms with Gasteiger partial charge in [0, 0.05) is 11.1 Å². The number of Topliss-reactive ketones (excluding diaryl/α,β-unsaturated/α-hetero) is 1. The van der Waals surface area contributed by atoms with Gasteiger partial charge in [0.15, 0.2) is 12.1 Å². The SMILES string of the molecule is CC.CC(=O)c1ccccc1C=O. The zero-order valence-corrected chi connectivity index (χ0v) is 8.20. The van der Waals surface area contributed by atoms with E-state index < -0.39 is 0 Å². The highest BCUT2D eigenvalue weighted by Crippen LogP contribution is 2.05. The van der Waals surface area contributed by atoms with Crippen LogP contribution in [-0.4, -0.2) is 12.1 Å². The molecule has 70 valence electrons. The molecule has 0 fully saturated rings. The van der Waals surface area contributed by atoms with Crippen molar-refractivity contribution in [2.75, 3.05) is 0 Å². The van der Waals surface area contributed by atoms with E-state index >= 15 is 0 Å². The number of hydrogen-bond donors (Lipinski definition) is 0. The summed E-state index contributed by atoms with van der Waals surface area (Å²) in [6.07, 6.45) is 0.691. The lowest BCUT2D eigenvalue weighted by Crippen LogP contribution is -1.97. The quantitative estimate of drug-likeness (QED) is 0.515. The Morgan fingerprint density at radius 1 is 1.23 bits per heavy atom. The highest BCUT2D eigenvalue weighted by Gasteiger charge is 2.03. The van der Waals surface area contributed by atoms with Crippen LogP contribution in [0, 0.1) is 0 Å². The van der Waals surface area contributed by atoms with Gasteiger partial charge in [-0.25, -0.2) is 0 Å². The molecule has 0 radical (unpaired) electrons. The second-order valence-corrected chi connectivity index (χ2v) is 2.26. The van der Waals surface area contributed by atoms with Crippen molar-refractivity contribution in [3.05, 3.63) is 35.4 Å². The zero-order chi connectivity index (χ0) is 10.3. The molecule has 0 bridgehead atoms. The summed E-state index contributed by atoms with van der Waals surface area (Å²) < 4.78 is 0. The molecular weight excluding hydrogens is 164 g/mol. The van der Waals surface area contributed by atoms with E-state index in [9.17, 15) is 9.59 Å². The normalized spacial score (nSPS) is 8.23. The first kappa shape index (κ1) is 11.6. The van der Waals surface area contributed by atoms with Crippen molar-refractivity contribution in [1.29, 1.82) is 0 Å². The predicted octanol–water partition coefficient (Wildman–Crippen LogP) is 2.73. The first-order valence-electron chi connectivity index (χ1n) is 4.31. The summed E-state index contributed by atoms with van der Waals surface area (Å²) in [7, 11) is 0. The van der Waals surface area contributed by atoms with E-state index in [0.29, 0.717) is 17.4 Å². The van der Waals surface area contributed by atoms with Crippen LogP contribution in [0.15, 0.2) is 24.3 Å². The Labute approximate surface area is 78.6 Å². The molecule has 0 spiro atoms. The standard InChI is InChI=1S/C9H8O2.C2H6/c1-7(11)9-5-3-2-4-8(9)6-10;1-2/h2-6H,1H3;1-2H3. The van der Waals surface area contributed by atoms with Gasteiger partial charge in [0.25, 0.3) is 0 Å². The molecule has 0 aliphatic carbocycles. The maximum absolute atomic E-state index is 10.9. The Morgan fingerprint density at radius 2 is 1.77 bits per heavy atom. The van der Waals surface area contributed by atoms with Gasteiger partial charge in [-0.05, 0) is 6.92 Å². The average Bonchev–Trinajstić information content (AvgIpc) is 2.20. The fourth-order valence-corrected chi connectivity index (χ4v) is 0.920. The van der Waals surface area contributed by atoms with Gasteiger partial charge in [-0.15, -0.1) is 0 Å². The van der Waals surface area contributed by atoms with Crippen LogP contribution in [-0.2, 0) is 0 Å². The number of carbonyl (C=O) groups is 2. The minimum absolute atomic E-state index is 0.0762. The molecule has 0 saturated carbocycles. The Kier molecular flexibility index (Phi) is 5.44. The maximum Gasteiger partial charge on any atom is 0.160 e. The predicted molar refractivity (Wildman–Crippen MR) is 53.2 cm³/mol. The minimum atomic E-state index is -0.0762. The van der Waals surface area contributed by atoms with E-state index in [-0.39, 0.29) is 5.78 Å². The summed E-state index contributed by atoms with van der Waals surface area (Å²) in [5.41, 5.74) is 0.947. The van der Waals surface area contributed by atoms with E-state index in [1.165, 1.54) is 6.92 Å². The van der Waals surface area contributed by atoms with Gasteiger partial charge in [0.05, 0.1) is 0 Å². The molecule has 0 heterocycles. The van der Waals surface area contributed by atoms with Crippen molar-refractivity contribution in [3.63, 3.8) is 0 Å². The topological polar surface area (TPSA) is 34.1 Å². The molecule has 0 unspecified atom stereocenters. The van der Waals surface area contributed by atoms with Gasteiger partial charge in [-0.1, -0.05) is 38.1 Å². The van der Waals surface area contributed by atoms with E-state index in [2.05, 4.69) is 0 Å². The summed E-state index contributed by atoms with van der Waals surface area (Å²) in [5, 5.41) is 0. The Bertz CT molecular complexity index is 290. The van der Waals surface area contributed by atoms with Crippen molar-refractivity contribution in [1.82, 2.24) is 0 Å². The van der Waals surface area contributed by atoms with Gasteiger partial charge >= 0.3 is 0 Å². The van der Waals surface area contributed by atoms with E-state index in [1.807, 2.05) is 13.8 Å². The molecule has 13 heavy (non-hydrogen) atoms. The Morgan fingerprint density at radius 3 is 2.15 bits per heavy atom. The fourth-order valence-electron chi connectivity index (χ4n) is 0.920. The molecule has 0 aromatic heterocycles. The number of carbonyl (C=O) groups excluding carboxylic acids is 2. The summed E-state index contributed by atoms with van der Waals surface area (Å²) in [6.45, 7) is 5.45. The van der Waals surface area contributed by atoms with Gasteiger partial charge in [-0.2, -0.15) is 0 Å². The molecule has 1 aromatic rings. The highest BCUT2D eigenvalue weighted by molar-refractivity contribution is 6.01. The monoisotopic (exact) mass is 178 g/mol. The van der Waals surface area contributed by atoms with Crippen LogP contribution in [0.3, 0.4) is 0 Å². The summed E-state index contributed by atoms with van der Waals surface area (Å²) in [6, 6.07) is 6.75. The second kappa shape index (κ2) is 6.12. The van der Waals surface area contributed by atoms with E-state index in [4.69, 9.17) is 0 Å². The van der Waals surface area contributed by atoms with Crippen molar-refractivity contribution < 1.29 is 9.59 Å². The summed E-state index contributed by atoms with van der Waals surface area (Å²) >= 11 is 0. The average molecular weight is 178 g/mol. The van der Waals surface area contributed by atoms with Crippen molar-refractivity contribution >= 4 is 12.1 Å². The van der Waals surface area contributed by atoms with Gasteiger partial charge < -0.3 is 0 Å². The number of aldehydes is 1. The molecular formula is C11H14O2. The van der Waals surface area contributed by atoms with Crippen LogP contribution in [0.2, 0.25) is 0 Å². The molecule has 1 aromatic carbocycles. The first-order valence-corrected chi connectivity index (χ1v) is 4.31. The molecule has 0 aliphatic rings. The molecule has 0 aliphatic heterocycles. The fraction of sp³-hybridized carbons (Fsp3) is 0.273. The largest absolute Gasteiger partial charge is 0.298 e. The minimum Gasteiger partial charge on any atom is -0.298 e. The lowest BCUT2D eigenvalue weighted by molar-refractivity contribution is 0.101. The molecule has 0 amide bonds. The first-order chi connectivity index (χ1) is 6.25. The smallest absolute Gasteiger partial charge is 0.160 e. The lowest BCUT2D eigenvalue weighted by Gasteiger charge is -1.96. The number of benzene rings is 1. The van der Waals surface area contributed by atoms with Gasteiger partial charge in [0.1, 0.15) is 0 Å².